The first-order valence-electron chi connectivity index (χ1n) is 7.87. The Bertz CT molecular complexity index is 950. The molecule has 0 radical (unpaired) electrons. The number of hydrogen-bond donors (Lipinski definition) is 4. The molecule has 0 unspecified atom stereocenters. The highest BCUT2D eigenvalue weighted by atomic mass is 31.2. The van der Waals surface area contributed by atoms with E-state index >= 15 is 0 Å². The fraction of sp³-hybridized carbons (Fsp3) is 0. The summed E-state index contributed by atoms with van der Waals surface area (Å²) in [5.41, 5.74) is 2.74. The average Bonchev–Trinajstić information content (AvgIpc) is 2.61. The first-order valence-corrected chi connectivity index (χ1v) is 11.2. The molecule has 146 valence electrons. The summed E-state index contributed by atoms with van der Waals surface area (Å²) in [6.07, 6.45) is 12.1. The second kappa shape index (κ2) is 9.66. The molecule has 0 saturated carbocycles. The normalized spacial score (nSPS) is 13.4. The van der Waals surface area contributed by atoms with Gasteiger partial charge in [0, 0.05) is 24.0 Å². The Kier molecular flexibility index (Phi) is 7.54. The summed E-state index contributed by atoms with van der Waals surface area (Å²) >= 11 is 0. The Hall–Kier alpha value is -2.44. The van der Waals surface area contributed by atoms with Crippen LogP contribution in [0, 0.1) is 0 Å². The van der Waals surface area contributed by atoms with Gasteiger partial charge in [-0.15, -0.1) is 0 Å². The second-order valence-corrected chi connectivity index (χ2v) is 8.48. The van der Waals surface area contributed by atoms with Crippen molar-refractivity contribution in [2.75, 3.05) is 0 Å². The van der Waals surface area contributed by atoms with E-state index in [1.165, 1.54) is 24.3 Å². The van der Waals surface area contributed by atoms with Gasteiger partial charge in [-0.05, 0) is 35.4 Å². The molecule has 2 aromatic heterocycles. The van der Waals surface area contributed by atoms with Crippen LogP contribution in [0.2, 0.25) is 0 Å². The number of hydrogen-bond acceptors (Lipinski definition) is 4. The molecule has 0 fully saturated rings. The van der Waals surface area contributed by atoms with Crippen molar-refractivity contribution >= 4 is 27.3 Å². The molecule has 2 aromatic rings. The van der Waals surface area contributed by atoms with Crippen LogP contribution in [0.15, 0.2) is 72.6 Å². The minimum atomic E-state index is -4.18. The Labute approximate surface area is 161 Å². The maximum atomic E-state index is 10.8. The van der Waals surface area contributed by atoms with Gasteiger partial charge in [-0.25, -0.2) is 0 Å². The van der Waals surface area contributed by atoms with Crippen LogP contribution in [0.5, 0.6) is 0 Å². The summed E-state index contributed by atoms with van der Waals surface area (Å²) in [4.78, 5) is 43.6. The monoisotopic (exact) mass is 420 g/mol. The number of nitrogens with zero attached hydrogens (tertiary/aromatic N) is 2. The zero-order valence-corrected chi connectivity index (χ0v) is 16.3. The van der Waals surface area contributed by atoms with Crippen LogP contribution in [0.1, 0.15) is 11.1 Å². The SMILES string of the molecule is O=P(O)(O)/C=C/C=C/c1ccnc(-c2cc(/C=C/C=C/P(=O)(O)O)ccn2)c1. The summed E-state index contributed by atoms with van der Waals surface area (Å²) in [7, 11) is -8.36. The highest BCUT2D eigenvalue weighted by Gasteiger charge is 2.05. The third kappa shape index (κ3) is 8.50. The van der Waals surface area contributed by atoms with Crippen molar-refractivity contribution in [2.45, 2.75) is 0 Å². The van der Waals surface area contributed by atoms with E-state index in [0.29, 0.717) is 11.4 Å². The molecule has 0 spiro atoms. The number of rotatable bonds is 7. The highest BCUT2D eigenvalue weighted by Crippen LogP contribution is 2.36. The molecule has 4 N–H and O–H groups in total. The molecule has 2 heterocycles. The lowest BCUT2D eigenvalue weighted by molar-refractivity contribution is 0.384. The Balaban J connectivity index is 2.18. The molecule has 8 nitrogen and oxygen atoms in total. The van der Waals surface area contributed by atoms with Crippen LogP contribution in [0.4, 0.5) is 0 Å². The predicted molar refractivity (Wildman–Crippen MR) is 108 cm³/mol. The lowest BCUT2D eigenvalue weighted by Gasteiger charge is -2.02. The van der Waals surface area contributed by atoms with E-state index in [0.717, 1.165) is 22.8 Å². The quantitative estimate of drug-likeness (QED) is 0.394. The van der Waals surface area contributed by atoms with E-state index in [4.69, 9.17) is 19.6 Å². The maximum Gasteiger partial charge on any atom is 0.349 e. The molecule has 0 amide bonds. The summed E-state index contributed by atoms with van der Waals surface area (Å²) in [6.45, 7) is 0. The van der Waals surface area contributed by atoms with Crippen LogP contribution in [0.3, 0.4) is 0 Å². The molecular weight excluding hydrogens is 402 g/mol. The average molecular weight is 420 g/mol. The Morgan fingerprint density at radius 1 is 0.679 bits per heavy atom. The standard InChI is InChI=1S/C18H18N2O6P2/c21-27(22,23)11-3-1-5-15-7-9-19-17(13-15)18-14-16(8-10-20-18)6-2-4-12-28(24,25)26/h1-14H,(H2,21,22,23)(H2,24,25,26)/b5-1+,6-2+,11-3+,12-4+. The van der Waals surface area contributed by atoms with Gasteiger partial charge in [-0.3, -0.25) is 19.1 Å². The maximum absolute atomic E-state index is 10.8. The van der Waals surface area contributed by atoms with Crippen LogP contribution in [-0.4, -0.2) is 29.5 Å². The highest BCUT2D eigenvalue weighted by molar-refractivity contribution is 7.55. The van der Waals surface area contributed by atoms with Crippen LogP contribution in [0.25, 0.3) is 23.5 Å². The number of pyridine rings is 2. The van der Waals surface area contributed by atoms with E-state index in [2.05, 4.69) is 9.97 Å². The second-order valence-electron chi connectivity index (χ2n) is 5.53. The van der Waals surface area contributed by atoms with Crippen molar-refractivity contribution in [3.8, 4) is 11.4 Å². The molecule has 10 heteroatoms. The molecule has 28 heavy (non-hydrogen) atoms. The van der Waals surface area contributed by atoms with E-state index in [-0.39, 0.29) is 0 Å². The van der Waals surface area contributed by atoms with Crippen molar-refractivity contribution in [3.05, 3.63) is 83.7 Å². The van der Waals surface area contributed by atoms with E-state index in [1.54, 1.807) is 48.8 Å². The summed E-state index contributed by atoms with van der Waals surface area (Å²) < 4.78 is 21.5. The van der Waals surface area contributed by atoms with Gasteiger partial charge in [-0.2, -0.15) is 0 Å². The van der Waals surface area contributed by atoms with Crippen molar-refractivity contribution in [1.82, 2.24) is 9.97 Å². The fourth-order valence-corrected chi connectivity index (χ4v) is 2.69. The summed E-state index contributed by atoms with van der Waals surface area (Å²) in [6, 6.07) is 7.01. The summed E-state index contributed by atoms with van der Waals surface area (Å²) in [5, 5.41) is 0. The van der Waals surface area contributed by atoms with Gasteiger partial charge >= 0.3 is 15.2 Å². The van der Waals surface area contributed by atoms with Gasteiger partial charge in [-0.1, -0.05) is 36.5 Å². The van der Waals surface area contributed by atoms with Crippen molar-refractivity contribution in [3.63, 3.8) is 0 Å². The molecule has 0 bridgehead atoms. The molecule has 0 aliphatic rings. The summed E-state index contributed by atoms with van der Waals surface area (Å²) in [5.74, 6) is 1.62. The van der Waals surface area contributed by atoms with Crippen molar-refractivity contribution < 1.29 is 28.7 Å². The number of aromatic nitrogens is 2. The molecule has 0 aliphatic heterocycles. The fourth-order valence-electron chi connectivity index (χ4n) is 2.04. The first kappa shape index (κ1) is 21.9. The third-order valence-corrected chi connectivity index (χ3v) is 4.31. The largest absolute Gasteiger partial charge is 0.349 e. The minimum absolute atomic E-state index is 0.599. The van der Waals surface area contributed by atoms with E-state index in [9.17, 15) is 9.13 Å². The molecule has 2 rings (SSSR count). The van der Waals surface area contributed by atoms with Gasteiger partial charge in [0.25, 0.3) is 0 Å². The minimum Gasteiger partial charge on any atom is -0.321 e. The smallest absolute Gasteiger partial charge is 0.321 e. The van der Waals surface area contributed by atoms with Crippen LogP contribution in [-0.2, 0) is 9.13 Å². The van der Waals surface area contributed by atoms with Gasteiger partial charge in [0.15, 0.2) is 0 Å². The molecule has 0 aliphatic carbocycles. The van der Waals surface area contributed by atoms with Gasteiger partial charge in [0.1, 0.15) is 0 Å². The molecule has 0 aromatic carbocycles. The van der Waals surface area contributed by atoms with Gasteiger partial charge < -0.3 is 19.6 Å². The topological polar surface area (TPSA) is 141 Å². The zero-order valence-electron chi connectivity index (χ0n) is 14.5. The van der Waals surface area contributed by atoms with Crippen molar-refractivity contribution in [2.24, 2.45) is 0 Å². The van der Waals surface area contributed by atoms with Gasteiger partial charge in [0.05, 0.1) is 11.4 Å². The lowest BCUT2D eigenvalue weighted by Crippen LogP contribution is -1.88. The third-order valence-electron chi connectivity index (χ3n) is 3.19. The van der Waals surface area contributed by atoms with E-state index in [1.807, 2.05) is 0 Å². The zero-order chi connectivity index (χ0) is 20.6. The number of allylic oxidation sites excluding steroid dienone is 4. The van der Waals surface area contributed by atoms with Crippen LogP contribution >= 0.6 is 15.2 Å². The molecular formula is C18H18N2O6P2. The van der Waals surface area contributed by atoms with E-state index < -0.39 is 15.2 Å². The Morgan fingerprint density at radius 3 is 1.43 bits per heavy atom. The molecule has 0 atom stereocenters. The first-order chi connectivity index (χ1) is 13.1. The Morgan fingerprint density at radius 2 is 1.07 bits per heavy atom. The lowest BCUT2D eigenvalue weighted by atomic mass is 10.1. The van der Waals surface area contributed by atoms with Crippen molar-refractivity contribution in [1.29, 1.82) is 0 Å². The predicted octanol–water partition coefficient (Wildman–Crippen LogP) is 3.55. The van der Waals surface area contributed by atoms with Crippen LogP contribution < -0.4 is 0 Å². The van der Waals surface area contributed by atoms with Gasteiger partial charge in [0.2, 0.25) is 0 Å². The molecule has 0 saturated heterocycles.